The summed E-state index contributed by atoms with van der Waals surface area (Å²) in [5, 5.41) is 3.52. The second-order valence-corrected chi connectivity index (χ2v) is 7.27. The van der Waals surface area contributed by atoms with E-state index in [0.29, 0.717) is 13.2 Å². The van der Waals surface area contributed by atoms with Crippen molar-refractivity contribution in [1.29, 1.82) is 0 Å². The minimum Gasteiger partial charge on any atom is -0.469 e. The van der Waals surface area contributed by atoms with Crippen molar-refractivity contribution in [2.45, 2.75) is 44.6 Å². The number of hydrogen-bond acceptors (Lipinski definition) is 4. The van der Waals surface area contributed by atoms with Gasteiger partial charge in [0.1, 0.15) is 5.76 Å². The molecule has 146 valence electrons. The molecule has 1 aromatic heterocycles. The summed E-state index contributed by atoms with van der Waals surface area (Å²) in [5.74, 6) is 2.02. The fourth-order valence-electron chi connectivity index (χ4n) is 4.01. The maximum absolute atomic E-state index is 5.42. The first-order chi connectivity index (χ1) is 12.9. The van der Waals surface area contributed by atoms with Crippen LogP contribution in [0.25, 0.3) is 0 Å². The van der Waals surface area contributed by atoms with E-state index in [1.165, 1.54) is 32.1 Å². The van der Waals surface area contributed by atoms with Gasteiger partial charge < -0.3 is 19.4 Å². The van der Waals surface area contributed by atoms with Crippen molar-refractivity contribution in [3.63, 3.8) is 0 Å². The monoisotopic (exact) mass is 362 g/mol. The maximum atomic E-state index is 5.42. The van der Waals surface area contributed by atoms with E-state index in [0.717, 1.165) is 56.9 Å². The molecule has 0 amide bonds. The van der Waals surface area contributed by atoms with Crippen molar-refractivity contribution in [1.82, 2.24) is 15.1 Å². The summed E-state index contributed by atoms with van der Waals surface area (Å²) in [5.41, 5.74) is 0. The minimum atomic E-state index is 0.658. The first kappa shape index (κ1) is 19.2. The van der Waals surface area contributed by atoms with E-state index >= 15 is 0 Å². The number of furan rings is 1. The SMILES string of the molecule is COCCN=C(NCCc1ccco1)N1CCN(C2CCCCC2)CC1. The summed E-state index contributed by atoms with van der Waals surface area (Å²) in [4.78, 5) is 9.85. The van der Waals surface area contributed by atoms with Crippen LogP contribution >= 0.6 is 0 Å². The summed E-state index contributed by atoms with van der Waals surface area (Å²) in [7, 11) is 1.72. The molecule has 1 aliphatic heterocycles. The lowest BCUT2D eigenvalue weighted by atomic mass is 9.94. The van der Waals surface area contributed by atoms with Gasteiger partial charge in [0.15, 0.2) is 5.96 Å². The van der Waals surface area contributed by atoms with Crippen LogP contribution in [0.4, 0.5) is 0 Å². The maximum Gasteiger partial charge on any atom is 0.194 e. The number of nitrogens with zero attached hydrogens (tertiary/aromatic N) is 3. The van der Waals surface area contributed by atoms with Crippen LogP contribution in [0.3, 0.4) is 0 Å². The molecule has 6 heteroatoms. The normalized spacial score (nSPS) is 20.5. The van der Waals surface area contributed by atoms with Gasteiger partial charge in [-0.15, -0.1) is 0 Å². The van der Waals surface area contributed by atoms with E-state index in [1.54, 1.807) is 13.4 Å². The molecule has 0 aromatic carbocycles. The van der Waals surface area contributed by atoms with Crippen LogP contribution in [-0.2, 0) is 11.2 Å². The Hall–Kier alpha value is -1.53. The highest BCUT2D eigenvalue weighted by Gasteiger charge is 2.26. The second-order valence-electron chi connectivity index (χ2n) is 7.27. The van der Waals surface area contributed by atoms with Gasteiger partial charge in [0.2, 0.25) is 0 Å². The van der Waals surface area contributed by atoms with Crippen molar-refractivity contribution >= 4 is 5.96 Å². The van der Waals surface area contributed by atoms with Crippen LogP contribution in [0.5, 0.6) is 0 Å². The van der Waals surface area contributed by atoms with E-state index in [9.17, 15) is 0 Å². The van der Waals surface area contributed by atoms with Gasteiger partial charge in [-0.2, -0.15) is 0 Å². The molecule has 6 nitrogen and oxygen atoms in total. The standard InChI is InChI=1S/C20H34N4O2/c1-25-17-11-22-20(21-10-9-19-8-5-16-26-19)24-14-12-23(13-15-24)18-6-3-2-4-7-18/h5,8,16,18H,2-4,6-7,9-15,17H2,1H3,(H,21,22). The van der Waals surface area contributed by atoms with Crippen LogP contribution in [0.15, 0.2) is 27.8 Å². The number of hydrogen-bond donors (Lipinski definition) is 1. The first-order valence-corrected chi connectivity index (χ1v) is 10.2. The Balaban J connectivity index is 1.48. The lowest BCUT2D eigenvalue weighted by molar-refractivity contribution is 0.105. The van der Waals surface area contributed by atoms with E-state index in [1.807, 2.05) is 12.1 Å². The van der Waals surface area contributed by atoms with E-state index in [2.05, 4.69) is 15.1 Å². The Morgan fingerprint density at radius 2 is 2.04 bits per heavy atom. The van der Waals surface area contributed by atoms with Gasteiger partial charge in [0, 0.05) is 52.3 Å². The van der Waals surface area contributed by atoms with Crippen LogP contribution in [-0.4, -0.2) is 74.8 Å². The highest BCUT2D eigenvalue weighted by Crippen LogP contribution is 2.23. The second kappa shape index (κ2) is 10.6. The lowest BCUT2D eigenvalue weighted by Gasteiger charge is -2.41. The molecule has 3 rings (SSSR count). The number of guanidine groups is 1. The minimum absolute atomic E-state index is 0.658. The number of methoxy groups -OCH3 is 1. The summed E-state index contributed by atoms with van der Waals surface area (Å²) in [6.07, 6.45) is 9.61. The molecule has 1 aromatic rings. The van der Waals surface area contributed by atoms with Crippen LogP contribution in [0.1, 0.15) is 37.9 Å². The summed E-state index contributed by atoms with van der Waals surface area (Å²) in [6.45, 7) is 6.59. The largest absolute Gasteiger partial charge is 0.469 e. The van der Waals surface area contributed by atoms with E-state index < -0.39 is 0 Å². The predicted molar refractivity (Wildman–Crippen MR) is 105 cm³/mol. The summed E-state index contributed by atoms with van der Waals surface area (Å²) >= 11 is 0. The molecule has 26 heavy (non-hydrogen) atoms. The molecule has 0 unspecified atom stereocenters. The molecule has 0 radical (unpaired) electrons. The smallest absolute Gasteiger partial charge is 0.194 e. The zero-order valence-corrected chi connectivity index (χ0v) is 16.2. The molecular formula is C20H34N4O2. The van der Waals surface area contributed by atoms with Gasteiger partial charge in [0.05, 0.1) is 19.4 Å². The Labute approximate surface area is 157 Å². The average molecular weight is 363 g/mol. The van der Waals surface area contributed by atoms with Gasteiger partial charge in [-0.05, 0) is 25.0 Å². The lowest BCUT2D eigenvalue weighted by Crippen LogP contribution is -2.55. The van der Waals surface area contributed by atoms with Crippen LogP contribution < -0.4 is 5.32 Å². The Morgan fingerprint density at radius 1 is 1.23 bits per heavy atom. The first-order valence-electron chi connectivity index (χ1n) is 10.2. The van der Waals surface area contributed by atoms with Crippen molar-refractivity contribution in [2.75, 3.05) is 53.0 Å². The Morgan fingerprint density at radius 3 is 2.73 bits per heavy atom. The molecule has 1 N–H and O–H groups in total. The van der Waals surface area contributed by atoms with Gasteiger partial charge >= 0.3 is 0 Å². The van der Waals surface area contributed by atoms with Crippen LogP contribution in [0, 0.1) is 0 Å². The number of ether oxygens (including phenoxy) is 1. The summed E-state index contributed by atoms with van der Waals surface area (Å²) in [6, 6.07) is 4.77. The van der Waals surface area contributed by atoms with Gasteiger partial charge in [0.25, 0.3) is 0 Å². The third-order valence-electron chi connectivity index (χ3n) is 5.50. The molecule has 0 spiro atoms. The average Bonchev–Trinajstić information content (AvgIpc) is 3.21. The fourth-order valence-corrected chi connectivity index (χ4v) is 4.01. The highest BCUT2D eigenvalue weighted by molar-refractivity contribution is 5.80. The molecule has 2 heterocycles. The molecule has 2 fully saturated rings. The van der Waals surface area contributed by atoms with Gasteiger partial charge in [-0.1, -0.05) is 19.3 Å². The highest BCUT2D eigenvalue weighted by atomic mass is 16.5. The number of piperazine rings is 1. The third kappa shape index (κ3) is 5.74. The Kier molecular flexibility index (Phi) is 7.83. The third-order valence-corrected chi connectivity index (χ3v) is 5.50. The molecule has 1 saturated heterocycles. The van der Waals surface area contributed by atoms with E-state index in [-0.39, 0.29) is 0 Å². The van der Waals surface area contributed by atoms with Gasteiger partial charge in [-0.25, -0.2) is 0 Å². The molecule has 0 atom stereocenters. The summed E-state index contributed by atoms with van der Waals surface area (Å²) < 4.78 is 10.6. The zero-order valence-electron chi connectivity index (χ0n) is 16.2. The Bertz CT molecular complexity index is 518. The number of rotatable bonds is 7. The predicted octanol–water partition coefficient (Wildman–Crippen LogP) is 2.36. The van der Waals surface area contributed by atoms with Crippen molar-refractivity contribution in [2.24, 2.45) is 4.99 Å². The van der Waals surface area contributed by atoms with Crippen molar-refractivity contribution in [3.8, 4) is 0 Å². The fraction of sp³-hybridized carbons (Fsp3) is 0.750. The number of aliphatic imine (C=N–C) groups is 1. The molecule has 0 bridgehead atoms. The topological polar surface area (TPSA) is 53.2 Å². The molecule has 2 aliphatic rings. The quantitative estimate of drug-likeness (QED) is 0.458. The molecule has 1 aliphatic carbocycles. The van der Waals surface area contributed by atoms with Gasteiger partial charge in [-0.3, -0.25) is 9.89 Å². The number of nitrogens with one attached hydrogen (secondary N) is 1. The van der Waals surface area contributed by atoms with E-state index in [4.69, 9.17) is 14.1 Å². The van der Waals surface area contributed by atoms with Crippen molar-refractivity contribution in [3.05, 3.63) is 24.2 Å². The molecule has 1 saturated carbocycles. The van der Waals surface area contributed by atoms with Crippen molar-refractivity contribution < 1.29 is 9.15 Å². The van der Waals surface area contributed by atoms with Crippen LogP contribution in [0.2, 0.25) is 0 Å². The molecular weight excluding hydrogens is 328 g/mol. The zero-order chi connectivity index (χ0) is 18.0.